The van der Waals surface area contributed by atoms with Crippen LogP contribution in [0.15, 0.2) is 35.1 Å². The number of nitrogens with one attached hydrogen (secondary N) is 1. The Hall–Kier alpha value is -2.74. The third-order valence-electron chi connectivity index (χ3n) is 5.58. The highest BCUT2D eigenvalue weighted by atomic mass is 32.1. The first-order valence-corrected chi connectivity index (χ1v) is 10.3. The molecule has 1 saturated carbocycles. The second-order valence-corrected chi connectivity index (χ2v) is 8.72. The van der Waals surface area contributed by atoms with E-state index in [2.05, 4.69) is 21.9 Å². The van der Waals surface area contributed by atoms with Gasteiger partial charge in [0.1, 0.15) is 16.6 Å². The molecule has 1 N–H and O–H groups in total. The predicted molar refractivity (Wildman–Crippen MR) is 106 cm³/mol. The van der Waals surface area contributed by atoms with E-state index in [-0.39, 0.29) is 23.1 Å². The van der Waals surface area contributed by atoms with Gasteiger partial charge in [-0.1, -0.05) is 36.5 Å². The van der Waals surface area contributed by atoms with Crippen LogP contribution in [0.1, 0.15) is 49.5 Å². The topological polar surface area (TPSA) is 88.2 Å². The number of benzene rings is 1. The Morgan fingerprint density at radius 3 is 2.82 bits per heavy atom. The van der Waals surface area contributed by atoms with Gasteiger partial charge in [0.05, 0.1) is 6.04 Å². The molecular formula is C20H20N4O3S. The van der Waals surface area contributed by atoms with Crippen LogP contribution in [-0.2, 0) is 5.41 Å². The summed E-state index contributed by atoms with van der Waals surface area (Å²) < 4.78 is 5.50. The third kappa shape index (κ3) is 2.97. The van der Waals surface area contributed by atoms with Gasteiger partial charge in [-0.05, 0) is 37.8 Å². The van der Waals surface area contributed by atoms with E-state index < -0.39 is 0 Å². The zero-order valence-corrected chi connectivity index (χ0v) is 16.3. The van der Waals surface area contributed by atoms with E-state index in [1.165, 1.54) is 11.3 Å². The summed E-state index contributed by atoms with van der Waals surface area (Å²) in [5.74, 6) is 1.26. The van der Waals surface area contributed by atoms with Crippen molar-refractivity contribution in [3.63, 3.8) is 0 Å². The molecule has 7 nitrogen and oxygen atoms in total. The molecule has 2 fully saturated rings. The highest BCUT2D eigenvalue weighted by Crippen LogP contribution is 2.46. The highest BCUT2D eigenvalue weighted by Gasteiger charge is 2.42. The Morgan fingerprint density at radius 1 is 1.29 bits per heavy atom. The summed E-state index contributed by atoms with van der Waals surface area (Å²) in [6.07, 6.45) is 3.36. The lowest BCUT2D eigenvalue weighted by Gasteiger charge is -2.22. The predicted octanol–water partition coefficient (Wildman–Crippen LogP) is 3.77. The normalized spacial score (nSPS) is 20.5. The summed E-state index contributed by atoms with van der Waals surface area (Å²) >= 11 is 1.40. The van der Waals surface area contributed by atoms with Crippen molar-refractivity contribution in [3.05, 3.63) is 51.5 Å². The molecule has 0 radical (unpaired) electrons. The molecule has 0 bridgehead atoms. The number of aromatic amines is 1. The van der Waals surface area contributed by atoms with Crippen LogP contribution in [0.4, 0.5) is 4.79 Å². The molecule has 28 heavy (non-hydrogen) atoms. The Kier molecular flexibility index (Phi) is 3.97. The van der Waals surface area contributed by atoms with Crippen molar-refractivity contribution in [2.24, 2.45) is 0 Å². The zero-order chi connectivity index (χ0) is 19.3. The zero-order valence-electron chi connectivity index (χ0n) is 15.5. The lowest BCUT2D eigenvalue weighted by Crippen LogP contribution is -2.33. The van der Waals surface area contributed by atoms with E-state index >= 15 is 0 Å². The minimum atomic E-state index is -0.388. The second kappa shape index (κ2) is 6.41. The number of carbonyl (C=O) groups is 1. The van der Waals surface area contributed by atoms with E-state index in [4.69, 9.17) is 4.74 Å². The molecule has 1 aliphatic heterocycles. The summed E-state index contributed by atoms with van der Waals surface area (Å²) in [4.78, 5) is 39.6. The lowest BCUT2D eigenvalue weighted by atomic mass is 10.1. The molecule has 1 aliphatic carbocycles. The van der Waals surface area contributed by atoms with Crippen LogP contribution in [0.3, 0.4) is 0 Å². The fourth-order valence-corrected chi connectivity index (χ4v) is 4.68. The van der Waals surface area contributed by atoms with Crippen molar-refractivity contribution < 1.29 is 9.53 Å². The molecule has 2 aliphatic rings. The van der Waals surface area contributed by atoms with Gasteiger partial charge in [-0.25, -0.2) is 14.8 Å². The van der Waals surface area contributed by atoms with Crippen LogP contribution in [0.5, 0.6) is 5.75 Å². The number of para-hydroxylation sites is 1. The number of rotatable bonds is 3. The number of H-pyrrole nitrogens is 1. The van der Waals surface area contributed by atoms with Gasteiger partial charge in [0.15, 0.2) is 10.3 Å². The van der Waals surface area contributed by atoms with Gasteiger partial charge in [-0.2, -0.15) is 0 Å². The van der Waals surface area contributed by atoms with Crippen molar-refractivity contribution in [1.82, 2.24) is 19.9 Å². The molecule has 1 atom stereocenters. The van der Waals surface area contributed by atoms with Crippen LogP contribution < -0.4 is 10.3 Å². The highest BCUT2D eigenvalue weighted by molar-refractivity contribution is 7.18. The quantitative estimate of drug-likeness (QED) is 0.728. The number of fused-ring (bicyclic) bond motifs is 1. The minimum absolute atomic E-state index is 0.0175. The Morgan fingerprint density at radius 2 is 2.07 bits per heavy atom. The van der Waals surface area contributed by atoms with E-state index in [0.717, 1.165) is 36.5 Å². The van der Waals surface area contributed by atoms with Gasteiger partial charge in [0, 0.05) is 12.0 Å². The Balaban J connectivity index is 1.44. The van der Waals surface area contributed by atoms with Gasteiger partial charge in [-0.3, -0.25) is 9.69 Å². The standard InChI is InChI=1S/C20H20N4O3S/c1-20(9-10-20)18-22-15(25)14-17(23-18)28-16(21-14)13-8-5-11-24(13)19(26)27-12-6-3-2-4-7-12/h2-4,6-7,13H,5,8-11H2,1H3,(H,22,23,25). The van der Waals surface area contributed by atoms with Crippen LogP contribution in [0.25, 0.3) is 10.3 Å². The molecule has 1 saturated heterocycles. The fraction of sp³-hybridized carbons (Fsp3) is 0.400. The smallest absolute Gasteiger partial charge is 0.410 e. The first-order valence-electron chi connectivity index (χ1n) is 9.48. The van der Waals surface area contributed by atoms with Crippen molar-refractivity contribution in [3.8, 4) is 5.75 Å². The molecule has 1 amide bonds. The number of nitrogens with zero attached hydrogens (tertiary/aromatic N) is 3. The van der Waals surface area contributed by atoms with Crippen LogP contribution in [-0.4, -0.2) is 32.5 Å². The van der Waals surface area contributed by atoms with Gasteiger partial charge in [0.25, 0.3) is 5.56 Å². The first kappa shape index (κ1) is 17.4. The Bertz CT molecular complexity index is 1100. The number of hydrogen-bond donors (Lipinski definition) is 1. The van der Waals surface area contributed by atoms with E-state index in [1.54, 1.807) is 17.0 Å². The molecular weight excluding hydrogens is 376 g/mol. The summed E-state index contributed by atoms with van der Waals surface area (Å²) in [6.45, 7) is 2.72. The van der Waals surface area contributed by atoms with E-state index in [1.807, 2.05) is 18.2 Å². The molecule has 3 aromatic rings. The molecule has 0 spiro atoms. The summed E-state index contributed by atoms with van der Waals surface area (Å²) in [7, 11) is 0. The molecule has 1 aromatic carbocycles. The van der Waals surface area contributed by atoms with Gasteiger partial charge >= 0.3 is 6.09 Å². The largest absolute Gasteiger partial charge is 0.415 e. The minimum Gasteiger partial charge on any atom is -0.410 e. The molecule has 144 valence electrons. The second-order valence-electron chi connectivity index (χ2n) is 7.71. The molecule has 3 heterocycles. The molecule has 2 aromatic heterocycles. The van der Waals surface area contributed by atoms with E-state index in [9.17, 15) is 9.59 Å². The van der Waals surface area contributed by atoms with E-state index in [0.29, 0.717) is 22.6 Å². The number of thiazole rings is 1. The fourth-order valence-electron chi connectivity index (χ4n) is 3.59. The average molecular weight is 396 g/mol. The Labute approximate surface area is 165 Å². The number of hydrogen-bond acceptors (Lipinski definition) is 6. The van der Waals surface area contributed by atoms with Gasteiger partial charge < -0.3 is 9.72 Å². The van der Waals surface area contributed by atoms with Crippen molar-refractivity contribution in [2.75, 3.05) is 6.54 Å². The van der Waals surface area contributed by atoms with Crippen LogP contribution >= 0.6 is 11.3 Å². The van der Waals surface area contributed by atoms with Crippen LogP contribution in [0.2, 0.25) is 0 Å². The van der Waals surface area contributed by atoms with Crippen molar-refractivity contribution >= 4 is 27.8 Å². The number of ether oxygens (including phenoxy) is 1. The van der Waals surface area contributed by atoms with Crippen molar-refractivity contribution in [1.29, 1.82) is 0 Å². The van der Waals surface area contributed by atoms with Gasteiger partial charge in [0.2, 0.25) is 0 Å². The number of carbonyl (C=O) groups excluding carboxylic acids is 1. The third-order valence-corrected chi connectivity index (χ3v) is 6.63. The molecule has 1 unspecified atom stereocenters. The number of amides is 1. The maximum Gasteiger partial charge on any atom is 0.415 e. The number of aromatic nitrogens is 3. The first-order chi connectivity index (χ1) is 13.5. The summed E-state index contributed by atoms with van der Waals surface area (Å²) in [5, 5.41) is 0.744. The number of likely N-dealkylation sites (tertiary alicyclic amines) is 1. The SMILES string of the molecule is CC1(c2nc3sc(C4CCCN4C(=O)Oc4ccccc4)nc3c(=O)[nH]2)CC1. The summed E-state index contributed by atoms with van der Waals surface area (Å²) in [5.41, 5.74) is 0.138. The van der Waals surface area contributed by atoms with Crippen LogP contribution in [0, 0.1) is 0 Å². The molecule has 5 rings (SSSR count). The average Bonchev–Trinajstić information content (AvgIpc) is 3.11. The maximum absolute atomic E-state index is 12.7. The van der Waals surface area contributed by atoms with Gasteiger partial charge in [-0.15, -0.1) is 0 Å². The van der Waals surface area contributed by atoms with Crippen molar-refractivity contribution in [2.45, 2.75) is 44.1 Å². The maximum atomic E-state index is 12.7. The lowest BCUT2D eigenvalue weighted by molar-refractivity contribution is 0.147. The monoisotopic (exact) mass is 396 g/mol. The summed E-state index contributed by atoms with van der Waals surface area (Å²) in [6, 6.07) is 8.85. The molecule has 8 heteroatoms.